The molecule has 0 fully saturated rings. The van der Waals surface area contributed by atoms with E-state index in [-0.39, 0.29) is 18.4 Å². The molecule has 0 saturated carbocycles. The van der Waals surface area contributed by atoms with Crippen molar-refractivity contribution in [3.8, 4) is 0 Å². The van der Waals surface area contributed by atoms with Crippen LogP contribution in [0.5, 0.6) is 0 Å². The second-order valence-electron chi connectivity index (χ2n) is 6.01. The third-order valence-corrected chi connectivity index (χ3v) is 4.07. The number of amides is 2. The predicted molar refractivity (Wildman–Crippen MR) is 88.3 cm³/mol. The van der Waals surface area contributed by atoms with Gasteiger partial charge in [-0.2, -0.15) is 0 Å². The van der Waals surface area contributed by atoms with Crippen molar-refractivity contribution in [2.24, 2.45) is 5.92 Å². The van der Waals surface area contributed by atoms with Crippen LogP contribution in [0.2, 0.25) is 0 Å². The summed E-state index contributed by atoms with van der Waals surface area (Å²) in [7, 11) is 0. The lowest BCUT2D eigenvalue weighted by Crippen LogP contribution is -2.42. The third-order valence-electron chi connectivity index (χ3n) is 4.07. The van der Waals surface area contributed by atoms with Crippen molar-refractivity contribution in [3.05, 3.63) is 41.7 Å². The fourth-order valence-electron chi connectivity index (χ4n) is 2.80. The van der Waals surface area contributed by atoms with E-state index >= 15 is 0 Å². The molecule has 4 nitrogen and oxygen atoms in total. The molecule has 0 radical (unpaired) electrons. The molecule has 0 saturated heterocycles. The number of carbonyl (C=O) groups excluding carboxylic acids is 2. The van der Waals surface area contributed by atoms with Gasteiger partial charge in [0.05, 0.1) is 12.2 Å². The van der Waals surface area contributed by atoms with Crippen molar-refractivity contribution in [2.75, 3.05) is 18.4 Å². The molecule has 0 unspecified atom stereocenters. The molecular formula is C18H21F3N2O2. The zero-order chi connectivity index (χ0) is 18.4. The summed E-state index contributed by atoms with van der Waals surface area (Å²) in [5.41, 5.74) is -0.451. The molecule has 1 N–H and O–H groups in total. The molecule has 1 aromatic rings. The number of allylic oxidation sites excluding steroid dienone is 2. The molecule has 1 aromatic carbocycles. The maximum Gasteiger partial charge on any atom is 0.244 e. The molecule has 1 atom stereocenters. The van der Waals surface area contributed by atoms with E-state index in [9.17, 15) is 22.8 Å². The molecular weight excluding hydrogens is 333 g/mol. The first-order valence-corrected chi connectivity index (χ1v) is 8.31. The summed E-state index contributed by atoms with van der Waals surface area (Å²) in [5, 5.41) is 2.20. The van der Waals surface area contributed by atoms with E-state index in [1.165, 1.54) is 4.90 Å². The number of hydrogen-bond donors (Lipinski definition) is 1. The van der Waals surface area contributed by atoms with Crippen molar-refractivity contribution in [3.63, 3.8) is 0 Å². The standard InChI is InChI=1S/C18H21F3N2O2/c1-2-10-23(18(25)12-6-4-3-5-7-12)11-15(24)22-14-9-8-13(19)16(20)17(14)21/h3-4,8-9,12H,2,5-7,10-11H2,1H3,(H,22,24)/t12-/m0/s1. The highest BCUT2D eigenvalue weighted by Gasteiger charge is 2.26. The van der Waals surface area contributed by atoms with E-state index in [1.54, 1.807) is 0 Å². The van der Waals surface area contributed by atoms with Gasteiger partial charge in [0.1, 0.15) is 0 Å². The first-order valence-electron chi connectivity index (χ1n) is 8.31. The Morgan fingerprint density at radius 2 is 1.96 bits per heavy atom. The number of rotatable bonds is 6. The van der Waals surface area contributed by atoms with Crippen LogP contribution in [0, 0.1) is 23.4 Å². The highest BCUT2D eigenvalue weighted by Crippen LogP contribution is 2.22. The Morgan fingerprint density at radius 3 is 2.60 bits per heavy atom. The number of nitrogens with zero attached hydrogens (tertiary/aromatic N) is 1. The molecule has 7 heteroatoms. The SMILES string of the molecule is CCCN(CC(=O)Nc1ccc(F)c(F)c1F)C(=O)[C@H]1CC=CCC1. The Morgan fingerprint density at radius 1 is 1.20 bits per heavy atom. The molecule has 0 aliphatic heterocycles. The van der Waals surface area contributed by atoms with Gasteiger partial charge in [-0.15, -0.1) is 0 Å². The minimum Gasteiger partial charge on any atom is -0.333 e. The normalized spacial score (nSPS) is 16.6. The number of hydrogen-bond acceptors (Lipinski definition) is 2. The van der Waals surface area contributed by atoms with E-state index in [0.717, 1.165) is 25.0 Å². The number of halogens is 3. The highest BCUT2D eigenvalue weighted by atomic mass is 19.2. The quantitative estimate of drug-likeness (QED) is 0.626. The van der Waals surface area contributed by atoms with Crippen LogP contribution in [0.15, 0.2) is 24.3 Å². The van der Waals surface area contributed by atoms with Gasteiger partial charge in [0.15, 0.2) is 17.5 Å². The fraction of sp³-hybridized carbons (Fsp3) is 0.444. The average molecular weight is 354 g/mol. The average Bonchev–Trinajstić information content (AvgIpc) is 2.62. The monoisotopic (exact) mass is 354 g/mol. The lowest BCUT2D eigenvalue weighted by atomic mass is 9.93. The van der Waals surface area contributed by atoms with Gasteiger partial charge in [-0.3, -0.25) is 9.59 Å². The van der Waals surface area contributed by atoms with E-state index in [2.05, 4.69) is 5.32 Å². The lowest BCUT2D eigenvalue weighted by Gasteiger charge is -2.27. The first kappa shape index (κ1) is 19.0. The maximum atomic E-state index is 13.6. The van der Waals surface area contributed by atoms with Crippen molar-refractivity contribution < 1.29 is 22.8 Å². The topological polar surface area (TPSA) is 49.4 Å². The molecule has 0 spiro atoms. The smallest absolute Gasteiger partial charge is 0.244 e. The number of anilines is 1. The van der Waals surface area contributed by atoms with Crippen LogP contribution < -0.4 is 5.32 Å². The summed E-state index contributed by atoms with van der Waals surface area (Å²) in [6, 6.07) is 1.68. The van der Waals surface area contributed by atoms with E-state index in [1.807, 2.05) is 19.1 Å². The zero-order valence-corrected chi connectivity index (χ0v) is 14.0. The van der Waals surface area contributed by atoms with Gasteiger partial charge in [-0.25, -0.2) is 13.2 Å². The fourth-order valence-corrected chi connectivity index (χ4v) is 2.80. The third kappa shape index (κ3) is 4.84. The Labute approximate surface area is 144 Å². The molecule has 2 rings (SSSR count). The lowest BCUT2D eigenvalue weighted by molar-refractivity contribution is -0.138. The summed E-state index contributed by atoms with van der Waals surface area (Å²) in [4.78, 5) is 26.1. The van der Waals surface area contributed by atoms with Crippen LogP contribution >= 0.6 is 0 Å². The Hall–Kier alpha value is -2.31. The molecule has 25 heavy (non-hydrogen) atoms. The highest BCUT2D eigenvalue weighted by molar-refractivity contribution is 5.95. The molecule has 0 heterocycles. The zero-order valence-electron chi connectivity index (χ0n) is 14.0. The second-order valence-corrected chi connectivity index (χ2v) is 6.01. The summed E-state index contributed by atoms with van der Waals surface area (Å²) >= 11 is 0. The van der Waals surface area contributed by atoms with Crippen LogP contribution in [-0.4, -0.2) is 29.8 Å². The van der Waals surface area contributed by atoms with Gasteiger partial charge in [-0.1, -0.05) is 19.1 Å². The minimum atomic E-state index is -1.65. The van der Waals surface area contributed by atoms with E-state index in [4.69, 9.17) is 0 Å². The van der Waals surface area contributed by atoms with Crippen molar-refractivity contribution in [1.82, 2.24) is 4.90 Å². The molecule has 1 aliphatic carbocycles. The van der Waals surface area contributed by atoms with Crippen LogP contribution in [0.1, 0.15) is 32.6 Å². The van der Waals surface area contributed by atoms with Crippen LogP contribution in [-0.2, 0) is 9.59 Å². The molecule has 0 aromatic heterocycles. The van der Waals surface area contributed by atoms with Crippen molar-refractivity contribution in [1.29, 1.82) is 0 Å². The van der Waals surface area contributed by atoms with Gasteiger partial charge >= 0.3 is 0 Å². The van der Waals surface area contributed by atoms with E-state index < -0.39 is 29.0 Å². The van der Waals surface area contributed by atoms with Gasteiger partial charge < -0.3 is 10.2 Å². The summed E-state index contributed by atoms with van der Waals surface area (Å²) in [6.45, 7) is 2.02. The summed E-state index contributed by atoms with van der Waals surface area (Å²) in [5.74, 6) is -5.37. The Bertz CT molecular complexity index is 677. The van der Waals surface area contributed by atoms with Crippen LogP contribution in [0.4, 0.5) is 18.9 Å². The number of benzene rings is 1. The first-order chi connectivity index (χ1) is 11.9. The second kappa shape index (κ2) is 8.69. The van der Waals surface area contributed by atoms with Gasteiger partial charge in [0.2, 0.25) is 11.8 Å². The number of nitrogens with one attached hydrogen (secondary N) is 1. The predicted octanol–water partition coefficient (Wildman–Crippen LogP) is 3.64. The van der Waals surface area contributed by atoms with E-state index in [0.29, 0.717) is 19.4 Å². The van der Waals surface area contributed by atoms with Crippen LogP contribution in [0.3, 0.4) is 0 Å². The van der Waals surface area contributed by atoms with Gasteiger partial charge in [0.25, 0.3) is 0 Å². The Kier molecular flexibility index (Phi) is 6.61. The molecule has 2 amide bonds. The largest absolute Gasteiger partial charge is 0.333 e. The van der Waals surface area contributed by atoms with Gasteiger partial charge in [0, 0.05) is 12.5 Å². The van der Waals surface area contributed by atoms with Crippen molar-refractivity contribution >= 4 is 17.5 Å². The summed E-state index contributed by atoms with van der Waals surface area (Å²) in [6.07, 6.45) is 6.83. The minimum absolute atomic E-state index is 0.118. The number of carbonyl (C=O) groups is 2. The maximum absolute atomic E-state index is 13.6. The van der Waals surface area contributed by atoms with Gasteiger partial charge in [-0.05, 0) is 37.8 Å². The molecule has 0 bridgehead atoms. The van der Waals surface area contributed by atoms with Crippen molar-refractivity contribution in [2.45, 2.75) is 32.6 Å². The molecule has 136 valence electrons. The molecule has 1 aliphatic rings. The Balaban J connectivity index is 2.03. The van der Waals surface area contributed by atoms with Crippen LogP contribution in [0.25, 0.3) is 0 Å². The summed E-state index contributed by atoms with van der Waals surface area (Å²) < 4.78 is 39.8.